The van der Waals surface area contributed by atoms with Crippen LogP contribution in [0.25, 0.3) is 0 Å². The minimum atomic E-state index is 0.647. The van der Waals surface area contributed by atoms with Crippen LogP contribution in [0.2, 0.25) is 0 Å². The molecular weight excluding hydrogens is 238 g/mol. The SMILES string of the molecule is CCn1ncnc1CNC1CC2CCCC(C1)N2C. The number of hydrogen-bond acceptors (Lipinski definition) is 4. The molecule has 0 saturated carbocycles. The summed E-state index contributed by atoms with van der Waals surface area (Å²) >= 11 is 0. The molecule has 5 heteroatoms. The van der Waals surface area contributed by atoms with Gasteiger partial charge in [0.15, 0.2) is 0 Å². The van der Waals surface area contributed by atoms with Crippen LogP contribution in [0.5, 0.6) is 0 Å². The zero-order valence-corrected chi connectivity index (χ0v) is 12.0. The van der Waals surface area contributed by atoms with Gasteiger partial charge in [0.1, 0.15) is 12.2 Å². The summed E-state index contributed by atoms with van der Waals surface area (Å²) in [6.07, 6.45) is 8.38. The van der Waals surface area contributed by atoms with E-state index in [9.17, 15) is 0 Å². The number of fused-ring (bicyclic) bond motifs is 2. The Morgan fingerprint density at radius 2 is 2.05 bits per heavy atom. The molecular formula is C14H25N5. The van der Waals surface area contributed by atoms with Crippen LogP contribution in [0, 0.1) is 0 Å². The second-order valence-corrected chi connectivity index (χ2v) is 5.95. The maximum Gasteiger partial charge on any atom is 0.140 e. The van der Waals surface area contributed by atoms with E-state index in [-0.39, 0.29) is 0 Å². The molecule has 0 spiro atoms. The molecule has 1 N–H and O–H groups in total. The van der Waals surface area contributed by atoms with E-state index in [2.05, 4.69) is 34.3 Å². The van der Waals surface area contributed by atoms with Crippen molar-refractivity contribution in [2.45, 2.75) is 70.2 Å². The third-order valence-electron chi connectivity index (χ3n) is 4.88. The predicted molar refractivity (Wildman–Crippen MR) is 74.7 cm³/mol. The molecule has 2 fully saturated rings. The van der Waals surface area contributed by atoms with Crippen LogP contribution in [0.3, 0.4) is 0 Å². The van der Waals surface area contributed by atoms with Crippen LogP contribution in [0.15, 0.2) is 6.33 Å². The molecule has 2 saturated heterocycles. The Kier molecular flexibility index (Phi) is 3.84. The van der Waals surface area contributed by atoms with Gasteiger partial charge < -0.3 is 10.2 Å². The molecule has 19 heavy (non-hydrogen) atoms. The van der Waals surface area contributed by atoms with Crippen LogP contribution in [-0.4, -0.2) is 44.8 Å². The van der Waals surface area contributed by atoms with Crippen molar-refractivity contribution >= 4 is 0 Å². The lowest BCUT2D eigenvalue weighted by Crippen LogP contribution is -2.54. The summed E-state index contributed by atoms with van der Waals surface area (Å²) in [5, 5.41) is 7.92. The van der Waals surface area contributed by atoms with Gasteiger partial charge >= 0.3 is 0 Å². The standard InChI is InChI=1S/C14H25N5/c1-3-19-14(16-10-17-19)9-15-11-7-12-5-4-6-13(8-11)18(12)2/h10-13,15H,3-9H2,1-2H3. The Morgan fingerprint density at radius 1 is 1.32 bits per heavy atom. The molecule has 106 valence electrons. The molecule has 0 amide bonds. The fraction of sp³-hybridized carbons (Fsp3) is 0.857. The van der Waals surface area contributed by atoms with Crippen LogP contribution in [-0.2, 0) is 13.1 Å². The number of aromatic nitrogens is 3. The molecule has 0 radical (unpaired) electrons. The van der Waals surface area contributed by atoms with E-state index in [0.717, 1.165) is 31.0 Å². The average molecular weight is 263 g/mol. The first-order valence-electron chi connectivity index (χ1n) is 7.60. The highest BCUT2D eigenvalue weighted by atomic mass is 15.3. The van der Waals surface area contributed by atoms with Gasteiger partial charge in [0, 0.05) is 24.7 Å². The van der Waals surface area contributed by atoms with E-state index in [4.69, 9.17) is 0 Å². The molecule has 5 nitrogen and oxygen atoms in total. The summed E-state index contributed by atoms with van der Waals surface area (Å²) in [5.41, 5.74) is 0. The smallest absolute Gasteiger partial charge is 0.140 e. The van der Waals surface area contributed by atoms with Crippen molar-refractivity contribution in [2.75, 3.05) is 7.05 Å². The van der Waals surface area contributed by atoms with Gasteiger partial charge in [0.25, 0.3) is 0 Å². The van der Waals surface area contributed by atoms with Gasteiger partial charge in [-0.3, -0.25) is 0 Å². The molecule has 0 aromatic carbocycles. The monoisotopic (exact) mass is 263 g/mol. The lowest BCUT2D eigenvalue weighted by Gasteiger charge is -2.47. The highest BCUT2D eigenvalue weighted by Crippen LogP contribution is 2.32. The predicted octanol–water partition coefficient (Wildman–Crippen LogP) is 1.40. The Hall–Kier alpha value is -0.940. The van der Waals surface area contributed by atoms with E-state index in [1.165, 1.54) is 32.1 Å². The van der Waals surface area contributed by atoms with E-state index in [0.29, 0.717) is 6.04 Å². The lowest BCUT2D eigenvalue weighted by atomic mass is 9.82. The van der Waals surface area contributed by atoms with Crippen molar-refractivity contribution in [2.24, 2.45) is 0 Å². The normalized spacial score (nSPS) is 31.6. The van der Waals surface area contributed by atoms with Crippen LogP contribution >= 0.6 is 0 Å². The number of aryl methyl sites for hydroxylation is 1. The number of hydrogen-bond donors (Lipinski definition) is 1. The van der Waals surface area contributed by atoms with E-state index < -0.39 is 0 Å². The van der Waals surface area contributed by atoms with E-state index in [1.54, 1.807) is 6.33 Å². The topological polar surface area (TPSA) is 46.0 Å². The van der Waals surface area contributed by atoms with Crippen LogP contribution < -0.4 is 5.32 Å². The molecule has 0 aliphatic carbocycles. The van der Waals surface area contributed by atoms with Gasteiger partial charge in [0.05, 0.1) is 6.54 Å². The van der Waals surface area contributed by atoms with Crippen molar-refractivity contribution in [1.82, 2.24) is 25.0 Å². The summed E-state index contributed by atoms with van der Waals surface area (Å²) in [6.45, 7) is 3.86. The number of nitrogens with one attached hydrogen (secondary N) is 1. The summed E-state index contributed by atoms with van der Waals surface area (Å²) in [4.78, 5) is 6.94. The molecule has 2 unspecified atom stereocenters. The van der Waals surface area contributed by atoms with E-state index >= 15 is 0 Å². The minimum Gasteiger partial charge on any atom is -0.307 e. The minimum absolute atomic E-state index is 0.647. The second kappa shape index (κ2) is 5.59. The van der Waals surface area contributed by atoms with Gasteiger partial charge in [-0.15, -0.1) is 0 Å². The van der Waals surface area contributed by atoms with Crippen molar-refractivity contribution in [3.63, 3.8) is 0 Å². The Morgan fingerprint density at radius 3 is 2.74 bits per heavy atom. The summed E-state index contributed by atoms with van der Waals surface area (Å²) in [6, 6.07) is 2.22. The molecule has 2 atom stereocenters. The van der Waals surface area contributed by atoms with Crippen molar-refractivity contribution in [3.8, 4) is 0 Å². The quantitative estimate of drug-likeness (QED) is 0.892. The average Bonchev–Trinajstić information content (AvgIpc) is 2.84. The fourth-order valence-corrected chi connectivity index (χ4v) is 3.71. The first-order chi connectivity index (χ1) is 9.28. The molecule has 3 rings (SSSR count). The summed E-state index contributed by atoms with van der Waals surface area (Å²) < 4.78 is 1.97. The maximum atomic E-state index is 4.34. The Bertz CT molecular complexity index is 402. The molecule has 2 aliphatic heterocycles. The van der Waals surface area contributed by atoms with Crippen molar-refractivity contribution in [3.05, 3.63) is 12.2 Å². The molecule has 1 aromatic rings. The highest BCUT2D eigenvalue weighted by Gasteiger charge is 2.35. The number of piperidine rings is 2. The zero-order chi connectivity index (χ0) is 13.2. The fourth-order valence-electron chi connectivity index (χ4n) is 3.71. The summed E-state index contributed by atoms with van der Waals surface area (Å²) in [7, 11) is 2.30. The lowest BCUT2D eigenvalue weighted by molar-refractivity contribution is 0.0480. The van der Waals surface area contributed by atoms with Gasteiger partial charge in [0.2, 0.25) is 0 Å². The molecule has 2 bridgehead atoms. The zero-order valence-electron chi connectivity index (χ0n) is 12.0. The van der Waals surface area contributed by atoms with Gasteiger partial charge in [-0.05, 0) is 39.7 Å². The van der Waals surface area contributed by atoms with Gasteiger partial charge in [-0.25, -0.2) is 9.67 Å². The van der Waals surface area contributed by atoms with Crippen molar-refractivity contribution in [1.29, 1.82) is 0 Å². The second-order valence-electron chi connectivity index (χ2n) is 5.95. The Balaban J connectivity index is 1.56. The van der Waals surface area contributed by atoms with Crippen LogP contribution in [0.1, 0.15) is 44.9 Å². The molecule has 1 aromatic heterocycles. The van der Waals surface area contributed by atoms with E-state index in [1.807, 2.05) is 4.68 Å². The maximum absolute atomic E-state index is 4.34. The Labute approximate surface area is 115 Å². The molecule has 2 aliphatic rings. The third kappa shape index (κ3) is 2.67. The van der Waals surface area contributed by atoms with Gasteiger partial charge in [-0.1, -0.05) is 6.42 Å². The molecule has 3 heterocycles. The number of nitrogens with zero attached hydrogens (tertiary/aromatic N) is 4. The largest absolute Gasteiger partial charge is 0.307 e. The first-order valence-corrected chi connectivity index (χ1v) is 7.60. The van der Waals surface area contributed by atoms with Crippen molar-refractivity contribution < 1.29 is 0 Å². The highest BCUT2D eigenvalue weighted by molar-refractivity contribution is 4.94. The third-order valence-corrected chi connectivity index (χ3v) is 4.88. The first kappa shape index (κ1) is 13.1. The number of rotatable bonds is 4. The summed E-state index contributed by atoms with van der Waals surface area (Å²) in [5.74, 6) is 1.06. The van der Waals surface area contributed by atoms with Crippen LogP contribution in [0.4, 0.5) is 0 Å². The van der Waals surface area contributed by atoms with Gasteiger partial charge in [-0.2, -0.15) is 5.10 Å².